The van der Waals surface area contributed by atoms with Crippen molar-refractivity contribution in [3.8, 4) is 6.07 Å². The van der Waals surface area contributed by atoms with Crippen LogP contribution in [-0.2, 0) is 6.54 Å². The van der Waals surface area contributed by atoms with E-state index in [0.29, 0.717) is 34.8 Å². The summed E-state index contributed by atoms with van der Waals surface area (Å²) >= 11 is 1.45. The molecule has 0 fully saturated rings. The topological polar surface area (TPSA) is 58.7 Å². The molecule has 120 valence electrons. The van der Waals surface area contributed by atoms with E-state index in [4.69, 9.17) is 5.26 Å². The van der Waals surface area contributed by atoms with Crippen LogP contribution in [0.25, 0.3) is 10.9 Å². The Bertz CT molecular complexity index is 955. The van der Waals surface area contributed by atoms with Crippen LogP contribution in [0.2, 0.25) is 0 Å². The van der Waals surface area contributed by atoms with Crippen LogP contribution in [0.5, 0.6) is 0 Å². The Labute approximate surface area is 144 Å². The molecule has 0 N–H and O–H groups in total. The van der Waals surface area contributed by atoms with E-state index in [-0.39, 0.29) is 5.56 Å². The zero-order valence-electron chi connectivity index (χ0n) is 13.4. The summed E-state index contributed by atoms with van der Waals surface area (Å²) in [6, 6.07) is 17.6. The summed E-state index contributed by atoms with van der Waals surface area (Å²) in [7, 11) is 0. The molecular formula is C19H17N3OS. The van der Waals surface area contributed by atoms with Crippen molar-refractivity contribution in [3.05, 3.63) is 70.0 Å². The van der Waals surface area contributed by atoms with Gasteiger partial charge in [-0.1, -0.05) is 53.7 Å². The van der Waals surface area contributed by atoms with Crippen LogP contribution in [0, 0.1) is 18.3 Å². The molecule has 2 aromatic carbocycles. The van der Waals surface area contributed by atoms with Gasteiger partial charge in [-0.3, -0.25) is 9.36 Å². The van der Waals surface area contributed by atoms with E-state index in [1.165, 1.54) is 17.3 Å². The lowest BCUT2D eigenvalue weighted by Gasteiger charge is -2.13. The Balaban J connectivity index is 2.06. The van der Waals surface area contributed by atoms with E-state index in [2.05, 4.69) is 11.1 Å². The number of hydrogen-bond acceptors (Lipinski definition) is 4. The second-order valence-corrected chi connectivity index (χ2v) is 6.61. The SMILES string of the molecule is Cc1ccc(Cn2c(SCCC#N)nc3ccccc3c2=O)cc1. The van der Waals surface area contributed by atoms with Crippen LogP contribution < -0.4 is 5.56 Å². The molecule has 0 saturated carbocycles. The quantitative estimate of drug-likeness (QED) is 0.405. The maximum absolute atomic E-state index is 12.9. The van der Waals surface area contributed by atoms with Gasteiger partial charge in [-0.15, -0.1) is 0 Å². The van der Waals surface area contributed by atoms with Crippen molar-refractivity contribution in [2.24, 2.45) is 0 Å². The molecule has 0 spiro atoms. The van der Waals surface area contributed by atoms with E-state index in [0.717, 1.165) is 5.56 Å². The normalized spacial score (nSPS) is 10.7. The molecule has 0 bridgehead atoms. The molecule has 4 nitrogen and oxygen atoms in total. The van der Waals surface area contributed by atoms with E-state index < -0.39 is 0 Å². The van der Waals surface area contributed by atoms with Gasteiger partial charge in [-0.2, -0.15) is 5.26 Å². The Morgan fingerprint density at radius 3 is 2.67 bits per heavy atom. The van der Waals surface area contributed by atoms with Crippen molar-refractivity contribution in [1.82, 2.24) is 9.55 Å². The average Bonchev–Trinajstić information content (AvgIpc) is 2.60. The molecule has 3 rings (SSSR count). The average molecular weight is 335 g/mol. The Morgan fingerprint density at radius 2 is 1.92 bits per heavy atom. The monoisotopic (exact) mass is 335 g/mol. The van der Waals surface area contributed by atoms with Gasteiger partial charge in [0, 0.05) is 12.2 Å². The van der Waals surface area contributed by atoms with Crippen molar-refractivity contribution in [3.63, 3.8) is 0 Å². The van der Waals surface area contributed by atoms with Gasteiger partial charge >= 0.3 is 0 Å². The summed E-state index contributed by atoms with van der Waals surface area (Å²) in [6.45, 7) is 2.52. The van der Waals surface area contributed by atoms with Crippen LogP contribution >= 0.6 is 11.8 Å². The first-order valence-electron chi connectivity index (χ1n) is 7.74. The number of nitriles is 1. The van der Waals surface area contributed by atoms with Crippen molar-refractivity contribution < 1.29 is 0 Å². The molecular weight excluding hydrogens is 318 g/mol. The third-order valence-corrected chi connectivity index (χ3v) is 4.71. The lowest BCUT2D eigenvalue weighted by Crippen LogP contribution is -2.24. The molecule has 1 aromatic heterocycles. The molecule has 0 aliphatic rings. The Hall–Kier alpha value is -2.58. The molecule has 0 radical (unpaired) electrons. The number of aromatic nitrogens is 2. The van der Waals surface area contributed by atoms with Crippen molar-refractivity contribution in [1.29, 1.82) is 5.26 Å². The maximum atomic E-state index is 12.9. The lowest BCUT2D eigenvalue weighted by molar-refractivity contribution is 0.658. The predicted molar refractivity (Wildman–Crippen MR) is 97.2 cm³/mol. The minimum Gasteiger partial charge on any atom is -0.283 e. The van der Waals surface area contributed by atoms with E-state index in [1.807, 2.05) is 49.4 Å². The van der Waals surface area contributed by atoms with Crippen LogP contribution in [0.3, 0.4) is 0 Å². The molecule has 0 saturated heterocycles. The van der Waals surface area contributed by atoms with Crippen LogP contribution in [0.4, 0.5) is 0 Å². The van der Waals surface area contributed by atoms with Crippen molar-refractivity contribution in [2.45, 2.75) is 25.0 Å². The molecule has 0 aliphatic carbocycles. The summed E-state index contributed by atoms with van der Waals surface area (Å²) in [5.41, 5.74) is 2.90. The largest absolute Gasteiger partial charge is 0.283 e. The zero-order valence-corrected chi connectivity index (χ0v) is 14.2. The highest BCUT2D eigenvalue weighted by Gasteiger charge is 2.11. The predicted octanol–water partition coefficient (Wildman–Crippen LogP) is 3.76. The number of aryl methyl sites for hydroxylation is 1. The van der Waals surface area contributed by atoms with Crippen LogP contribution in [0.1, 0.15) is 17.5 Å². The highest BCUT2D eigenvalue weighted by atomic mass is 32.2. The molecule has 1 heterocycles. The van der Waals surface area contributed by atoms with Gasteiger partial charge in [-0.05, 0) is 24.6 Å². The molecule has 3 aromatic rings. The minimum atomic E-state index is -0.0411. The van der Waals surface area contributed by atoms with Gasteiger partial charge in [0.15, 0.2) is 5.16 Å². The number of nitrogens with zero attached hydrogens (tertiary/aromatic N) is 3. The standard InChI is InChI=1S/C19H17N3OS/c1-14-7-9-15(10-8-14)13-22-18(23)16-5-2-3-6-17(16)21-19(22)24-12-4-11-20/h2-3,5-10H,4,12-13H2,1H3. The second-order valence-electron chi connectivity index (χ2n) is 5.54. The molecule has 0 aliphatic heterocycles. The fraction of sp³-hybridized carbons (Fsp3) is 0.211. The van der Waals surface area contributed by atoms with Gasteiger partial charge in [-0.25, -0.2) is 4.98 Å². The second kappa shape index (κ2) is 7.33. The zero-order chi connectivity index (χ0) is 16.9. The van der Waals surface area contributed by atoms with Gasteiger partial charge in [0.25, 0.3) is 5.56 Å². The first-order chi connectivity index (χ1) is 11.7. The summed E-state index contributed by atoms with van der Waals surface area (Å²) in [4.78, 5) is 17.5. The highest BCUT2D eigenvalue weighted by molar-refractivity contribution is 7.99. The van der Waals surface area contributed by atoms with E-state index in [9.17, 15) is 4.79 Å². The minimum absolute atomic E-state index is 0.0411. The number of fused-ring (bicyclic) bond motifs is 1. The third kappa shape index (κ3) is 3.50. The van der Waals surface area contributed by atoms with Gasteiger partial charge in [0.1, 0.15) is 0 Å². The maximum Gasteiger partial charge on any atom is 0.262 e. The molecule has 0 atom stereocenters. The first-order valence-corrected chi connectivity index (χ1v) is 8.72. The Kier molecular flexibility index (Phi) is 4.97. The number of rotatable bonds is 5. The Morgan fingerprint density at radius 1 is 1.17 bits per heavy atom. The van der Waals surface area contributed by atoms with Crippen molar-refractivity contribution >= 4 is 22.7 Å². The number of para-hydroxylation sites is 1. The summed E-state index contributed by atoms with van der Waals surface area (Å²) in [5.74, 6) is 0.620. The number of thioether (sulfide) groups is 1. The number of benzene rings is 2. The van der Waals surface area contributed by atoms with E-state index >= 15 is 0 Å². The first kappa shape index (κ1) is 16.3. The number of hydrogen-bond donors (Lipinski definition) is 0. The third-order valence-electron chi connectivity index (χ3n) is 3.73. The lowest BCUT2D eigenvalue weighted by atomic mass is 10.1. The molecule has 5 heteroatoms. The fourth-order valence-corrected chi connectivity index (χ4v) is 3.30. The van der Waals surface area contributed by atoms with E-state index in [1.54, 1.807) is 10.6 Å². The molecule has 24 heavy (non-hydrogen) atoms. The van der Waals surface area contributed by atoms with Gasteiger partial charge in [0.2, 0.25) is 0 Å². The summed E-state index contributed by atoms with van der Waals surface area (Å²) < 4.78 is 1.70. The smallest absolute Gasteiger partial charge is 0.262 e. The highest BCUT2D eigenvalue weighted by Crippen LogP contribution is 2.19. The molecule has 0 amide bonds. The fourth-order valence-electron chi connectivity index (χ4n) is 2.46. The van der Waals surface area contributed by atoms with Gasteiger partial charge in [0.05, 0.1) is 23.5 Å². The summed E-state index contributed by atoms with van der Waals surface area (Å²) in [5, 5.41) is 10.0. The summed E-state index contributed by atoms with van der Waals surface area (Å²) in [6.07, 6.45) is 0.428. The van der Waals surface area contributed by atoms with Crippen molar-refractivity contribution in [2.75, 3.05) is 5.75 Å². The van der Waals surface area contributed by atoms with Crippen LogP contribution in [-0.4, -0.2) is 15.3 Å². The van der Waals surface area contributed by atoms with Crippen LogP contribution in [0.15, 0.2) is 58.5 Å². The van der Waals surface area contributed by atoms with Gasteiger partial charge < -0.3 is 0 Å². The molecule has 0 unspecified atom stereocenters.